The van der Waals surface area contributed by atoms with Gasteiger partial charge in [-0.3, -0.25) is 4.90 Å². The molecule has 1 aliphatic heterocycles. The van der Waals surface area contributed by atoms with E-state index in [4.69, 9.17) is 0 Å². The molecule has 4 rings (SSSR count). The number of rotatable bonds is 5. The van der Waals surface area contributed by atoms with E-state index in [1.165, 1.54) is 0 Å². The molecule has 1 fully saturated rings. The molecule has 30 heavy (non-hydrogen) atoms. The second-order valence-electron chi connectivity index (χ2n) is 7.40. The van der Waals surface area contributed by atoms with Crippen LogP contribution in [0.4, 0.5) is 13.2 Å². The number of thiophene rings is 1. The van der Waals surface area contributed by atoms with E-state index >= 15 is 0 Å². The Morgan fingerprint density at radius 3 is 2.13 bits per heavy atom. The maximum atomic E-state index is 13.9. The van der Waals surface area contributed by atoms with Gasteiger partial charge >= 0.3 is 0 Å². The number of sulfone groups is 1. The fourth-order valence-corrected chi connectivity index (χ4v) is 6.18. The van der Waals surface area contributed by atoms with Crippen LogP contribution >= 0.6 is 11.3 Å². The summed E-state index contributed by atoms with van der Waals surface area (Å²) in [6.45, 7) is 0.778. The lowest BCUT2D eigenvalue weighted by molar-refractivity contribution is 0.216. The Bertz CT molecular complexity index is 1100. The third-order valence-electron chi connectivity index (χ3n) is 5.50. The molecule has 1 aliphatic rings. The summed E-state index contributed by atoms with van der Waals surface area (Å²) in [5.41, 5.74) is 1.83. The van der Waals surface area contributed by atoms with Crippen LogP contribution in [0.5, 0.6) is 0 Å². The van der Waals surface area contributed by atoms with Crippen molar-refractivity contribution in [2.24, 2.45) is 0 Å². The summed E-state index contributed by atoms with van der Waals surface area (Å²) in [4.78, 5) is 2.08. The molecule has 0 unspecified atom stereocenters. The Kier molecular flexibility index (Phi) is 5.99. The molecule has 0 saturated carbocycles. The Balaban J connectivity index is 1.42. The zero-order valence-electron chi connectivity index (χ0n) is 16.0. The standard InChI is InChI=1S/C22H20F3NO2S2/c23-17-11-21(24)20(22(25)12-17)13-26-8-5-19(6-9-26)30(27,28)18-3-1-15(2-4-18)16-7-10-29-14-16/h1-4,7,10-12,14,19H,5-6,8-9,13H2. The highest BCUT2D eigenvalue weighted by Crippen LogP contribution is 2.29. The van der Waals surface area contributed by atoms with E-state index < -0.39 is 32.5 Å². The quantitative estimate of drug-likeness (QED) is 0.530. The summed E-state index contributed by atoms with van der Waals surface area (Å²) in [5.74, 6) is -2.80. The predicted octanol–water partition coefficient (Wildman–Crippen LogP) is 5.27. The van der Waals surface area contributed by atoms with Gasteiger partial charge in [-0.1, -0.05) is 12.1 Å². The molecule has 0 amide bonds. The first-order chi connectivity index (χ1) is 14.3. The van der Waals surface area contributed by atoms with Gasteiger partial charge in [-0.25, -0.2) is 21.6 Å². The Labute approximate surface area is 177 Å². The highest BCUT2D eigenvalue weighted by molar-refractivity contribution is 7.92. The van der Waals surface area contributed by atoms with Gasteiger partial charge in [-0.05, 0) is 66.0 Å². The molecule has 8 heteroatoms. The summed E-state index contributed by atoms with van der Waals surface area (Å²) in [6.07, 6.45) is 0.748. The Morgan fingerprint density at radius 2 is 1.57 bits per heavy atom. The zero-order valence-corrected chi connectivity index (χ0v) is 17.7. The number of piperidine rings is 1. The van der Waals surface area contributed by atoms with E-state index in [-0.39, 0.29) is 17.0 Å². The van der Waals surface area contributed by atoms with Crippen LogP contribution in [0.15, 0.2) is 58.1 Å². The molecule has 0 radical (unpaired) electrons. The minimum atomic E-state index is -3.49. The SMILES string of the molecule is O=S(=O)(c1ccc(-c2ccsc2)cc1)C1CCN(Cc2c(F)cc(F)cc2F)CC1. The average Bonchev–Trinajstić information content (AvgIpc) is 3.26. The van der Waals surface area contributed by atoms with Gasteiger partial charge in [0.15, 0.2) is 9.84 Å². The number of benzene rings is 2. The molecule has 0 N–H and O–H groups in total. The summed E-state index contributed by atoms with van der Waals surface area (Å²) in [6, 6.07) is 10.2. The number of hydrogen-bond donors (Lipinski definition) is 0. The van der Waals surface area contributed by atoms with Crippen LogP contribution in [-0.4, -0.2) is 31.7 Å². The lowest BCUT2D eigenvalue weighted by Crippen LogP contribution is -2.39. The lowest BCUT2D eigenvalue weighted by atomic mass is 10.1. The largest absolute Gasteiger partial charge is 0.299 e. The second-order valence-corrected chi connectivity index (χ2v) is 10.4. The van der Waals surface area contributed by atoms with Crippen molar-refractivity contribution in [3.05, 3.63) is 76.2 Å². The topological polar surface area (TPSA) is 37.4 Å². The van der Waals surface area contributed by atoms with Crippen molar-refractivity contribution in [2.75, 3.05) is 13.1 Å². The van der Waals surface area contributed by atoms with Crippen LogP contribution in [0.2, 0.25) is 0 Å². The molecule has 1 aromatic heterocycles. The molecule has 0 atom stereocenters. The van der Waals surface area contributed by atoms with Gasteiger partial charge in [-0.15, -0.1) is 0 Å². The summed E-state index contributed by atoms with van der Waals surface area (Å²) in [5, 5.41) is 3.44. The van der Waals surface area contributed by atoms with Crippen molar-refractivity contribution in [3.63, 3.8) is 0 Å². The molecule has 158 valence electrons. The smallest absolute Gasteiger partial charge is 0.181 e. The highest BCUT2D eigenvalue weighted by Gasteiger charge is 2.31. The number of hydrogen-bond acceptors (Lipinski definition) is 4. The first-order valence-corrected chi connectivity index (χ1v) is 12.1. The van der Waals surface area contributed by atoms with Crippen LogP contribution in [0.3, 0.4) is 0 Å². The molecule has 1 saturated heterocycles. The Morgan fingerprint density at radius 1 is 0.933 bits per heavy atom. The van der Waals surface area contributed by atoms with Gasteiger partial charge in [0.2, 0.25) is 0 Å². The first kappa shape index (κ1) is 21.1. The lowest BCUT2D eigenvalue weighted by Gasteiger charge is -2.31. The number of halogens is 3. The molecular formula is C22H20F3NO2S2. The normalized spacial score (nSPS) is 16.1. The molecule has 0 bridgehead atoms. The van der Waals surface area contributed by atoms with Crippen molar-refractivity contribution >= 4 is 21.2 Å². The minimum absolute atomic E-state index is 0.0138. The van der Waals surface area contributed by atoms with E-state index in [0.717, 1.165) is 11.1 Å². The maximum Gasteiger partial charge on any atom is 0.181 e. The van der Waals surface area contributed by atoms with E-state index in [9.17, 15) is 21.6 Å². The fraction of sp³-hybridized carbons (Fsp3) is 0.273. The van der Waals surface area contributed by atoms with Crippen molar-refractivity contribution in [1.82, 2.24) is 4.90 Å². The van der Waals surface area contributed by atoms with Crippen molar-refractivity contribution in [1.29, 1.82) is 0 Å². The van der Waals surface area contributed by atoms with Gasteiger partial charge in [0.05, 0.1) is 10.1 Å². The minimum Gasteiger partial charge on any atom is -0.299 e. The second kappa shape index (κ2) is 8.53. The summed E-state index contributed by atoms with van der Waals surface area (Å²) >= 11 is 1.58. The fourth-order valence-electron chi connectivity index (χ4n) is 3.78. The van der Waals surface area contributed by atoms with Crippen LogP contribution in [0.25, 0.3) is 11.1 Å². The maximum absolute atomic E-state index is 13.9. The molecule has 3 nitrogen and oxygen atoms in total. The monoisotopic (exact) mass is 451 g/mol. The van der Waals surface area contributed by atoms with Crippen molar-refractivity contribution < 1.29 is 21.6 Å². The van der Waals surface area contributed by atoms with Crippen LogP contribution in [0.1, 0.15) is 18.4 Å². The van der Waals surface area contributed by atoms with Gasteiger partial charge in [0, 0.05) is 24.2 Å². The van der Waals surface area contributed by atoms with Crippen LogP contribution in [0, 0.1) is 17.5 Å². The predicted molar refractivity (Wildman–Crippen MR) is 112 cm³/mol. The van der Waals surface area contributed by atoms with E-state index in [1.807, 2.05) is 29.0 Å². The molecule has 0 aliphatic carbocycles. The zero-order chi connectivity index (χ0) is 21.3. The molecular weight excluding hydrogens is 431 g/mol. The highest BCUT2D eigenvalue weighted by atomic mass is 32.2. The van der Waals surface area contributed by atoms with Gasteiger partial charge in [-0.2, -0.15) is 11.3 Å². The average molecular weight is 452 g/mol. The van der Waals surface area contributed by atoms with Crippen molar-refractivity contribution in [2.45, 2.75) is 29.5 Å². The number of nitrogens with zero attached hydrogens (tertiary/aromatic N) is 1. The van der Waals surface area contributed by atoms with Gasteiger partial charge in [0.1, 0.15) is 17.5 Å². The van der Waals surface area contributed by atoms with E-state index in [0.29, 0.717) is 38.1 Å². The van der Waals surface area contributed by atoms with Gasteiger partial charge < -0.3 is 0 Å². The van der Waals surface area contributed by atoms with Crippen molar-refractivity contribution in [3.8, 4) is 11.1 Å². The summed E-state index contributed by atoms with van der Waals surface area (Å²) in [7, 11) is -3.49. The Hall–Kier alpha value is -2.16. The van der Waals surface area contributed by atoms with Crippen LogP contribution < -0.4 is 0 Å². The first-order valence-electron chi connectivity index (χ1n) is 9.57. The number of likely N-dealkylation sites (tertiary alicyclic amines) is 1. The summed E-state index contributed by atoms with van der Waals surface area (Å²) < 4.78 is 66.9. The third-order valence-corrected chi connectivity index (χ3v) is 8.46. The molecule has 2 heterocycles. The van der Waals surface area contributed by atoms with Gasteiger partial charge in [0.25, 0.3) is 0 Å². The van der Waals surface area contributed by atoms with E-state index in [1.54, 1.807) is 28.4 Å². The third kappa shape index (κ3) is 4.31. The molecule has 3 aromatic rings. The molecule has 2 aromatic carbocycles. The van der Waals surface area contributed by atoms with Crippen LogP contribution in [-0.2, 0) is 16.4 Å². The molecule has 0 spiro atoms. The van der Waals surface area contributed by atoms with E-state index in [2.05, 4.69) is 0 Å².